The average molecular weight is 484 g/mol. The number of carbonyl (C=O) groups is 1. The molecule has 34 heavy (non-hydrogen) atoms. The van der Waals surface area contributed by atoms with E-state index in [0.717, 1.165) is 41.1 Å². The van der Waals surface area contributed by atoms with Gasteiger partial charge < -0.3 is 10.4 Å². The minimum absolute atomic E-state index is 0.0353. The first-order chi connectivity index (χ1) is 16.4. The summed E-state index contributed by atoms with van der Waals surface area (Å²) in [5, 5.41) is 17.8. The number of carbonyl (C=O) groups excluding carboxylic acids is 1. The van der Waals surface area contributed by atoms with E-state index >= 15 is 0 Å². The minimum Gasteiger partial charge on any atom is -0.388 e. The zero-order valence-corrected chi connectivity index (χ0v) is 19.4. The Balaban J connectivity index is 1.59. The fourth-order valence-electron chi connectivity index (χ4n) is 4.15. The van der Waals surface area contributed by atoms with E-state index in [0.29, 0.717) is 18.4 Å². The SMILES string of the molecule is O=C(NCC1(O)CCCCCC1)c1cc(-n2ncc(=O)n(Cc3cccnc3)c2=O)ccc1Cl. The normalized spacial score (nSPS) is 15.5. The summed E-state index contributed by atoms with van der Waals surface area (Å²) in [5.41, 5.74) is -1.02. The molecule has 1 aliphatic carbocycles. The van der Waals surface area contributed by atoms with Crippen molar-refractivity contribution in [2.75, 3.05) is 6.54 Å². The molecule has 1 amide bonds. The summed E-state index contributed by atoms with van der Waals surface area (Å²) in [5.74, 6) is -0.457. The highest BCUT2D eigenvalue weighted by Crippen LogP contribution is 2.27. The summed E-state index contributed by atoms with van der Waals surface area (Å²) in [6.45, 7) is 0.161. The van der Waals surface area contributed by atoms with Crippen LogP contribution >= 0.6 is 11.6 Å². The number of aromatic nitrogens is 4. The zero-order chi connectivity index (χ0) is 24.1. The van der Waals surface area contributed by atoms with E-state index < -0.39 is 22.8 Å². The second kappa shape index (κ2) is 10.3. The molecule has 1 fully saturated rings. The van der Waals surface area contributed by atoms with Crippen LogP contribution in [0.5, 0.6) is 0 Å². The van der Waals surface area contributed by atoms with E-state index in [-0.39, 0.29) is 29.4 Å². The van der Waals surface area contributed by atoms with Gasteiger partial charge in [-0.25, -0.2) is 4.79 Å². The Bertz CT molecular complexity index is 1280. The number of nitrogens with zero attached hydrogens (tertiary/aromatic N) is 4. The molecule has 10 heteroatoms. The highest BCUT2D eigenvalue weighted by atomic mass is 35.5. The number of halogens is 1. The lowest BCUT2D eigenvalue weighted by molar-refractivity contribution is 0.0246. The fourth-order valence-corrected chi connectivity index (χ4v) is 4.36. The summed E-state index contributed by atoms with van der Waals surface area (Å²) >= 11 is 6.27. The fraction of sp³-hybridized carbons (Fsp3) is 0.375. The zero-order valence-electron chi connectivity index (χ0n) is 18.6. The van der Waals surface area contributed by atoms with Crippen LogP contribution in [-0.4, -0.2) is 42.5 Å². The molecule has 0 spiro atoms. The first kappa shape index (κ1) is 23.8. The van der Waals surface area contributed by atoms with Crippen LogP contribution in [0.3, 0.4) is 0 Å². The molecule has 0 unspecified atom stereocenters. The van der Waals surface area contributed by atoms with Gasteiger partial charge in [-0.3, -0.25) is 19.1 Å². The lowest BCUT2D eigenvalue weighted by Crippen LogP contribution is -2.42. The van der Waals surface area contributed by atoms with E-state index in [1.54, 1.807) is 30.6 Å². The second-order valence-corrected chi connectivity index (χ2v) is 9.02. The molecule has 0 radical (unpaired) electrons. The lowest BCUT2D eigenvalue weighted by Gasteiger charge is -2.26. The number of amides is 1. The van der Waals surface area contributed by atoms with Crippen molar-refractivity contribution in [1.29, 1.82) is 0 Å². The largest absolute Gasteiger partial charge is 0.388 e. The molecule has 0 bridgehead atoms. The Hall–Kier alpha value is -3.30. The molecule has 0 aliphatic heterocycles. The maximum absolute atomic E-state index is 13.0. The number of hydrogen-bond acceptors (Lipinski definition) is 6. The smallest absolute Gasteiger partial charge is 0.352 e. The van der Waals surface area contributed by atoms with Gasteiger partial charge in [-0.1, -0.05) is 43.4 Å². The van der Waals surface area contributed by atoms with Crippen molar-refractivity contribution in [2.24, 2.45) is 0 Å². The molecule has 2 N–H and O–H groups in total. The van der Waals surface area contributed by atoms with Crippen molar-refractivity contribution in [3.05, 3.63) is 85.9 Å². The highest BCUT2D eigenvalue weighted by Gasteiger charge is 2.28. The Morgan fingerprint density at radius 3 is 2.59 bits per heavy atom. The third-order valence-electron chi connectivity index (χ3n) is 6.08. The molecule has 0 atom stereocenters. The summed E-state index contributed by atoms with van der Waals surface area (Å²) in [7, 11) is 0. The summed E-state index contributed by atoms with van der Waals surface area (Å²) in [4.78, 5) is 42.2. The van der Waals surface area contributed by atoms with Crippen LogP contribution in [-0.2, 0) is 6.54 Å². The quantitative estimate of drug-likeness (QED) is 0.519. The molecule has 2 aromatic heterocycles. The van der Waals surface area contributed by atoms with Crippen LogP contribution in [0.4, 0.5) is 0 Å². The number of nitrogens with one attached hydrogen (secondary N) is 1. The second-order valence-electron chi connectivity index (χ2n) is 8.61. The maximum atomic E-state index is 13.0. The van der Waals surface area contributed by atoms with Crippen LogP contribution in [0.25, 0.3) is 5.69 Å². The molecule has 2 heterocycles. The van der Waals surface area contributed by atoms with Crippen molar-refractivity contribution in [3.8, 4) is 5.69 Å². The van der Waals surface area contributed by atoms with Crippen LogP contribution in [0.1, 0.15) is 54.4 Å². The molecular weight excluding hydrogens is 458 g/mol. The molecule has 4 rings (SSSR count). The van der Waals surface area contributed by atoms with E-state index in [1.165, 1.54) is 12.1 Å². The molecule has 0 saturated heterocycles. The number of benzene rings is 1. The molecule has 1 aromatic carbocycles. The van der Waals surface area contributed by atoms with E-state index in [4.69, 9.17) is 11.6 Å². The number of hydrogen-bond donors (Lipinski definition) is 2. The van der Waals surface area contributed by atoms with Gasteiger partial charge in [-0.05, 0) is 42.7 Å². The van der Waals surface area contributed by atoms with Crippen LogP contribution in [0, 0.1) is 0 Å². The van der Waals surface area contributed by atoms with Gasteiger partial charge in [0.15, 0.2) is 0 Å². The van der Waals surface area contributed by atoms with Gasteiger partial charge in [-0.2, -0.15) is 9.78 Å². The molecular formula is C24H26ClN5O4. The predicted octanol–water partition coefficient (Wildman–Crippen LogP) is 2.31. The van der Waals surface area contributed by atoms with Gasteiger partial charge >= 0.3 is 5.69 Å². The average Bonchev–Trinajstić information content (AvgIpc) is 3.06. The van der Waals surface area contributed by atoms with Crippen LogP contribution in [0.15, 0.2) is 58.5 Å². The third kappa shape index (κ3) is 5.43. The summed E-state index contributed by atoms with van der Waals surface area (Å²) in [6, 6.07) is 7.97. The first-order valence-electron chi connectivity index (χ1n) is 11.2. The van der Waals surface area contributed by atoms with E-state index in [9.17, 15) is 19.5 Å². The molecule has 1 saturated carbocycles. The van der Waals surface area contributed by atoms with E-state index in [2.05, 4.69) is 15.4 Å². The first-order valence-corrected chi connectivity index (χ1v) is 11.6. The maximum Gasteiger partial charge on any atom is 0.352 e. The van der Waals surface area contributed by atoms with Gasteiger partial charge in [-0.15, -0.1) is 0 Å². The van der Waals surface area contributed by atoms with E-state index in [1.807, 2.05) is 0 Å². The number of pyridine rings is 1. The van der Waals surface area contributed by atoms with Crippen molar-refractivity contribution in [3.63, 3.8) is 0 Å². The molecule has 1 aliphatic rings. The van der Waals surface area contributed by atoms with Crippen molar-refractivity contribution in [1.82, 2.24) is 24.6 Å². The minimum atomic E-state index is -0.934. The Morgan fingerprint density at radius 1 is 1.12 bits per heavy atom. The van der Waals surface area contributed by atoms with Gasteiger partial charge in [0.2, 0.25) is 0 Å². The molecule has 9 nitrogen and oxygen atoms in total. The third-order valence-corrected chi connectivity index (χ3v) is 6.41. The van der Waals surface area contributed by atoms with Crippen LogP contribution < -0.4 is 16.6 Å². The Kier molecular flexibility index (Phi) is 7.23. The Morgan fingerprint density at radius 2 is 1.88 bits per heavy atom. The number of rotatable bonds is 6. The highest BCUT2D eigenvalue weighted by molar-refractivity contribution is 6.33. The molecule has 3 aromatic rings. The van der Waals surface area contributed by atoms with Crippen LogP contribution in [0.2, 0.25) is 5.02 Å². The van der Waals surface area contributed by atoms with Crippen molar-refractivity contribution in [2.45, 2.75) is 50.7 Å². The topological polar surface area (TPSA) is 119 Å². The molecule has 178 valence electrons. The van der Waals surface area contributed by atoms with Gasteiger partial charge in [0, 0.05) is 18.9 Å². The van der Waals surface area contributed by atoms with Crippen molar-refractivity contribution < 1.29 is 9.90 Å². The standard InChI is InChI=1S/C24H26ClN5O4/c25-20-8-7-18(12-19(20)22(32)27-16-24(34)9-3-1-2-4-10-24)30-23(33)29(21(31)14-28-30)15-17-6-5-11-26-13-17/h5-8,11-14,34H,1-4,9-10,15-16H2,(H,27,32). The van der Waals surface area contributed by atoms with Gasteiger partial charge in [0.25, 0.3) is 11.5 Å². The Labute approximate surface area is 201 Å². The van der Waals surface area contributed by atoms with Gasteiger partial charge in [0.05, 0.1) is 28.4 Å². The number of aliphatic hydroxyl groups is 1. The summed E-state index contributed by atoms with van der Waals surface area (Å²) in [6.07, 6.45) is 9.50. The lowest BCUT2D eigenvalue weighted by atomic mass is 9.94. The summed E-state index contributed by atoms with van der Waals surface area (Å²) < 4.78 is 2.09. The van der Waals surface area contributed by atoms with Gasteiger partial charge in [0.1, 0.15) is 6.20 Å². The predicted molar refractivity (Wildman–Crippen MR) is 127 cm³/mol. The van der Waals surface area contributed by atoms with Crippen molar-refractivity contribution >= 4 is 17.5 Å². The monoisotopic (exact) mass is 483 g/mol.